The average Bonchev–Trinajstić information content (AvgIpc) is 2.25. The summed E-state index contributed by atoms with van der Waals surface area (Å²) < 4.78 is 0. The number of carbonyl (C=O) groups excluding carboxylic acids is 1. The molecule has 0 aromatic carbocycles. The molecule has 4 heteroatoms. The van der Waals surface area contributed by atoms with Crippen LogP contribution in [0, 0.1) is 23.2 Å². The van der Waals surface area contributed by atoms with Gasteiger partial charge in [-0.3, -0.25) is 4.79 Å². The van der Waals surface area contributed by atoms with Gasteiger partial charge in [0.05, 0.1) is 6.54 Å². The van der Waals surface area contributed by atoms with Gasteiger partial charge in [0, 0.05) is 6.54 Å². The summed E-state index contributed by atoms with van der Waals surface area (Å²) in [4.78, 5) is 13.6. The van der Waals surface area contributed by atoms with Crippen molar-refractivity contribution in [1.82, 2.24) is 10.2 Å². The van der Waals surface area contributed by atoms with E-state index < -0.39 is 0 Å². The van der Waals surface area contributed by atoms with E-state index in [4.69, 9.17) is 0 Å². The molecule has 0 aliphatic heterocycles. The van der Waals surface area contributed by atoms with Crippen molar-refractivity contribution in [3.63, 3.8) is 0 Å². The van der Waals surface area contributed by atoms with E-state index in [9.17, 15) is 4.79 Å². The molecule has 3 nitrogen and oxygen atoms in total. The second kappa shape index (κ2) is 6.23. The molecule has 0 heterocycles. The standard InChI is InChI=1S/C16H28N2O.ClH/c1-18(2)11-15(19)17-4-3-16-8-12-5-13(9-16)7-14(6-12)10-16;/h12-14H,3-11H2,1-2H3,(H,17,19);1H. The summed E-state index contributed by atoms with van der Waals surface area (Å²) in [6.45, 7) is 1.40. The maximum absolute atomic E-state index is 11.7. The van der Waals surface area contributed by atoms with E-state index in [-0.39, 0.29) is 18.3 Å². The van der Waals surface area contributed by atoms with E-state index in [2.05, 4.69) is 5.32 Å². The number of hydrogen-bond acceptors (Lipinski definition) is 2. The molecule has 1 amide bonds. The molecule has 116 valence electrons. The molecule has 0 saturated heterocycles. The van der Waals surface area contributed by atoms with Gasteiger partial charge < -0.3 is 10.2 Å². The summed E-state index contributed by atoms with van der Waals surface area (Å²) in [6.07, 6.45) is 10.1. The fourth-order valence-corrected chi connectivity index (χ4v) is 5.41. The van der Waals surface area contributed by atoms with Gasteiger partial charge in [-0.15, -0.1) is 12.4 Å². The van der Waals surface area contributed by atoms with Crippen molar-refractivity contribution in [2.24, 2.45) is 23.2 Å². The molecule has 1 N–H and O–H groups in total. The van der Waals surface area contributed by atoms with E-state index in [1.54, 1.807) is 0 Å². The summed E-state index contributed by atoms with van der Waals surface area (Å²) in [5, 5.41) is 3.11. The maximum Gasteiger partial charge on any atom is 0.234 e. The highest BCUT2D eigenvalue weighted by Gasteiger charge is 2.50. The number of likely N-dealkylation sites (N-methyl/N-ethyl adjacent to an activating group) is 1. The van der Waals surface area contributed by atoms with Crippen LogP contribution in [0.15, 0.2) is 0 Å². The van der Waals surface area contributed by atoms with Crippen molar-refractivity contribution >= 4 is 18.3 Å². The Balaban J connectivity index is 0.00000147. The summed E-state index contributed by atoms with van der Waals surface area (Å²) in [5.41, 5.74) is 0.597. The normalized spacial score (nSPS) is 37.9. The fraction of sp³-hybridized carbons (Fsp3) is 0.938. The third-order valence-electron chi connectivity index (χ3n) is 5.60. The Morgan fingerprint density at radius 1 is 1.10 bits per heavy atom. The number of nitrogens with one attached hydrogen (secondary N) is 1. The first-order valence-electron chi connectivity index (χ1n) is 7.96. The number of halogens is 1. The minimum Gasteiger partial charge on any atom is -0.355 e. The van der Waals surface area contributed by atoms with Crippen LogP contribution in [0.4, 0.5) is 0 Å². The van der Waals surface area contributed by atoms with Gasteiger partial charge in [-0.2, -0.15) is 0 Å². The molecule has 4 bridgehead atoms. The molecular weight excluding hydrogens is 272 g/mol. The van der Waals surface area contributed by atoms with Crippen molar-refractivity contribution < 1.29 is 4.79 Å². The third kappa shape index (κ3) is 3.48. The van der Waals surface area contributed by atoms with E-state index >= 15 is 0 Å². The Morgan fingerprint density at radius 3 is 2.05 bits per heavy atom. The van der Waals surface area contributed by atoms with Crippen molar-refractivity contribution in [3.05, 3.63) is 0 Å². The molecule has 4 rings (SSSR count). The first-order valence-corrected chi connectivity index (χ1v) is 7.96. The average molecular weight is 301 g/mol. The van der Waals surface area contributed by atoms with Crippen LogP contribution in [0.5, 0.6) is 0 Å². The molecule has 0 spiro atoms. The van der Waals surface area contributed by atoms with Crippen molar-refractivity contribution in [3.8, 4) is 0 Å². The minimum atomic E-state index is 0. The van der Waals surface area contributed by atoms with Gasteiger partial charge in [-0.25, -0.2) is 0 Å². The van der Waals surface area contributed by atoms with Crippen LogP contribution in [0.1, 0.15) is 44.9 Å². The van der Waals surface area contributed by atoms with E-state index in [1.165, 1.54) is 44.9 Å². The number of carbonyl (C=O) groups is 1. The van der Waals surface area contributed by atoms with Crippen LogP contribution in [0.25, 0.3) is 0 Å². The lowest BCUT2D eigenvalue weighted by Crippen LogP contribution is -2.47. The summed E-state index contributed by atoms with van der Waals surface area (Å²) in [5.74, 6) is 3.23. The van der Waals surface area contributed by atoms with Crippen molar-refractivity contribution in [2.45, 2.75) is 44.9 Å². The number of rotatable bonds is 5. The molecule has 4 fully saturated rings. The van der Waals surface area contributed by atoms with Gasteiger partial charge in [-0.05, 0) is 82.2 Å². The molecule has 0 atom stereocenters. The molecule has 4 aliphatic rings. The van der Waals surface area contributed by atoms with Crippen molar-refractivity contribution in [1.29, 1.82) is 0 Å². The first kappa shape index (κ1) is 16.1. The van der Waals surface area contributed by atoms with Crippen LogP contribution in [-0.2, 0) is 4.79 Å². The molecule has 20 heavy (non-hydrogen) atoms. The van der Waals surface area contributed by atoms with Gasteiger partial charge in [-0.1, -0.05) is 0 Å². The summed E-state index contributed by atoms with van der Waals surface area (Å²) in [7, 11) is 3.89. The Kier molecular flexibility index (Phi) is 5.01. The van der Waals surface area contributed by atoms with Gasteiger partial charge >= 0.3 is 0 Å². The summed E-state index contributed by atoms with van der Waals surface area (Å²) in [6, 6.07) is 0. The lowest BCUT2D eigenvalue weighted by atomic mass is 9.49. The highest BCUT2D eigenvalue weighted by atomic mass is 35.5. The lowest BCUT2D eigenvalue weighted by Gasteiger charge is -2.57. The maximum atomic E-state index is 11.7. The van der Waals surface area contributed by atoms with Crippen molar-refractivity contribution in [2.75, 3.05) is 27.2 Å². The molecular formula is C16H29ClN2O. The number of nitrogens with zero attached hydrogens (tertiary/aromatic N) is 1. The highest BCUT2D eigenvalue weighted by Crippen LogP contribution is 2.61. The fourth-order valence-electron chi connectivity index (χ4n) is 5.41. The second-order valence-electron chi connectivity index (χ2n) is 7.76. The quantitative estimate of drug-likeness (QED) is 0.847. The zero-order valence-corrected chi connectivity index (χ0v) is 13.7. The predicted octanol–water partition coefficient (Wildman–Crippen LogP) is 2.69. The van der Waals surface area contributed by atoms with Crippen LogP contribution < -0.4 is 5.32 Å². The highest BCUT2D eigenvalue weighted by molar-refractivity contribution is 5.85. The molecule has 0 aromatic heterocycles. The SMILES string of the molecule is CN(C)CC(=O)NCCC12CC3CC(CC(C3)C1)C2.Cl. The third-order valence-corrected chi connectivity index (χ3v) is 5.60. The Labute approximate surface area is 129 Å². The molecule has 0 aromatic rings. The predicted molar refractivity (Wildman–Crippen MR) is 84.0 cm³/mol. The monoisotopic (exact) mass is 300 g/mol. The number of amides is 1. The lowest BCUT2D eigenvalue weighted by molar-refractivity contribution is -0.122. The Morgan fingerprint density at radius 2 is 1.60 bits per heavy atom. The van der Waals surface area contributed by atoms with Gasteiger partial charge in [0.15, 0.2) is 0 Å². The molecule has 0 unspecified atom stereocenters. The molecule has 4 saturated carbocycles. The van der Waals surface area contributed by atoms with Gasteiger partial charge in [0.1, 0.15) is 0 Å². The van der Waals surface area contributed by atoms with Gasteiger partial charge in [0.2, 0.25) is 5.91 Å². The largest absolute Gasteiger partial charge is 0.355 e. The van der Waals surface area contributed by atoms with Crippen LogP contribution in [0.3, 0.4) is 0 Å². The van der Waals surface area contributed by atoms with Gasteiger partial charge in [0.25, 0.3) is 0 Å². The summed E-state index contributed by atoms with van der Waals surface area (Å²) >= 11 is 0. The number of hydrogen-bond donors (Lipinski definition) is 1. The molecule has 4 aliphatic carbocycles. The Hall–Kier alpha value is -0.280. The topological polar surface area (TPSA) is 32.3 Å². The smallest absolute Gasteiger partial charge is 0.234 e. The first-order chi connectivity index (χ1) is 9.05. The van der Waals surface area contributed by atoms with E-state index in [1.807, 2.05) is 19.0 Å². The zero-order valence-electron chi connectivity index (χ0n) is 12.9. The van der Waals surface area contributed by atoms with E-state index in [0.717, 1.165) is 24.3 Å². The second-order valence-corrected chi connectivity index (χ2v) is 7.76. The van der Waals surface area contributed by atoms with Crippen LogP contribution >= 0.6 is 12.4 Å². The van der Waals surface area contributed by atoms with E-state index in [0.29, 0.717) is 12.0 Å². The Bertz CT molecular complexity index is 321. The molecule has 0 radical (unpaired) electrons. The van der Waals surface area contributed by atoms with Crippen LogP contribution in [-0.4, -0.2) is 38.0 Å². The van der Waals surface area contributed by atoms with Crippen LogP contribution in [0.2, 0.25) is 0 Å². The zero-order chi connectivity index (χ0) is 13.5. The minimum absolute atomic E-state index is 0.